The maximum absolute atomic E-state index is 12.4. The highest BCUT2D eigenvalue weighted by Crippen LogP contribution is 2.45. The lowest BCUT2D eigenvalue weighted by Gasteiger charge is -2.19. The first-order valence-corrected chi connectivity index (χ1v) is 11.7. The Kier molecular flexibility index (Phi) is 9.85. The Morgan fingerprint density at radius 3 is 2.69 bits per heavy atom. The number of rotatable bonds is 10. The van der Waals surface area contributed by atoms with E-state index in [1.807, 2.05) is 0 Å². The van der Waals surface area contributed by atoms with Gasteiger partial charge in [-0.1, -0.05) is 17.2 Å². The summed E-state index contributed by atoms with van der Waals surface area (Å²) < 4.78 is 29.3. The Morgan fingerprint density at radius 2 is 2.08 bits per heavy atom. The van der Waals surface area contributed by atoms with Crippen molar-refractivity contribution in [2.24, 2.45) is 10.8 Å². The molecule has 3 rings (SSSR count). The van der Waals surface area contributed by atoms with Crippen LogP contribution in [-0.2, 0) is 25.0 Å². The summed E-state index contributed by atoms with van der Waals surface area (Å²) in [5, 5.41) is 12.5. The molecule has 1 aliphatic rings. The lowest BCUT2D eigenvalue weighted by Crippen LogP contribution is -2.33. The molecule has 5 atom stereocenters. The van der Waals surface area contributed by atoms with Gasteiger partial charge in [-0.2, -0.15) is 0 Å². The SMILES string of the molecule is Cc1cn([C@H]2CC(N=[N+]=[N-])[C@@H](COP(=O)(O)Oc3ccc(C[C@H](N)C(=O)O)cc3)O2)c(=O)[nH]c1=O.Cl. The van der Waals surface area contributed by atoms with Gasteiger partial charge in [0.05, 0.1) is 18.8 Å². The molecule has 196 valence electrons. The van der Waals surface area contributed by atoms with E-state index in [1.165, 1.54) is 37.4 Å². The van der Waals surface area contributed by atoms with Crippen LogP contribution in [0.25, 0.3) is 10.4 Å². The van der Waals surface area contributed by atoms with Crippen molar-refractivity contribution in [3.05, 3.63) is 72.9 Å². The van der Waals surface area contributed by atoms with Crippen LogP contribution in [0.15, 0.2) is 45.2 Å². The predicted molar refractivity (Wildman–Crippen MR) is 127 cm³/mol. The van der Waals surface area contributed by atoms with Gasteiger partial charge in [-0.05, 0) is 36.6 Å². The van der Waals surface area contributed by atoms with Crippen LogP contribution in [0.2, 0.25) is 0 Å². The highest BCUT2D eigenvalue weighted by molar-refractivity contribution is 7.47. The average Bonchev–Trinajstić information content (AvgIpc) is 3.19. The Labute approximate surface area is 209 Å². The molecule has 0 aliphatic carbocycles. The molecule has 0 saturated carbocycles. The summed E-state index contributed by atoms with van der Waals surface area (Å²) >= 11 is 0. The normalized spacial score (nSPS) is 21.5. The van der Waals surface area contributed by atoms with Crippen molar-refractivity contribution >= 4 is 26.2 Å². The molecule has 2 aromatic rings. The largest absolute Gasteiger partial charge is 0.527 e. The zero-order chi connectivity index (χ0) is 25.8. The summed E-state index contributed by atoms with van der Waals surface area (Å²) in [5.41, 5.74) is 13.9. The van der Waals surface area contributed by atoms with E-state index in [2.05, 4.69) is 15.0 Å². The maximum Gasteiger partial charge on any atom is 0.527 e. The number of carboxylic acids is 1. The molecule has 0 amide bonds. The number of nitrogens with zero attached hydrogens (tertiary/aromatic N) is 4. The number of aryl methyl sites for hydroxylation is 1. The molecule has 1 fully saturated rings. The van der Waals surface area contributed by atoms with Crippen molar-refractivity contribution in [2.75, 3.05) is 6.61 Å². The van der Waals surface area contributed by atoms with Gasteiger partial charge in [-0.25, -0.2) is 9.36 Å². The number of hydrogen-bond donors (Lipinski definition) is 4. The van der Waals surface area contributed by atoms with Crippen molar-refractivity contribution in [1.29, 1.82) is 0 Å². The number of hydrogen-bond acceptors (Lipinski definition) is 9. The van der Waals surface area contributed by atoms with Crippen molar-refractivity contribution in [3.8, 4) is 5.75 Å². The molecule has 1 aromatic heterocycles. The highest BCUT2D eigenvalue weighted by Gasteiger charge is 2.38. The third-order valence-corrected chi connectivity index (χ3v) is 6.10. The number of aromatic amines is 1. The number of phosphoric acid groups is 1. The Hall–Kier alpha value is -3.16. The lowest BCUT2D eigenvalue weighted by molar-refractivity contribution is -0.138. The van der Waals surface area contributed by atoms with E-state index in [-0.39, 0.29) is 36.6 Å². The summed E-state index contributed by atoms with van der Waals surface area (Å²) in [5.74, 6) is -1.18. The number of benzene rings is 1. The van der Waals surface area contributed by atoms with Crippen LogP contribution < -0.4 is 21.5 Å². The number of nitrogens with two attached hydrogens (primary N) is 1. The number of H-pyrrole nitrogens is 1. The molecular weight excluding hydrogens is 523 g/mol. The molecule has 2 heterocycles. The molecule has 1 aliphatic heterocycles. The van der Waals surface area contributed by atoms with Gasteiger partial charge in [0.1, 0.15) is 18.0 Å². The summed E-state index contributed by atoms with van der Waals surface area (Å²) in [6.07, 6.45) is -0.485. The number of aromatic nitrogens is 2. The van der Waals surface area contributed by atoms with Crippen molar-refractivity contribution in [1.82, 2.24) is 9.55 Å². The topological polar surface area (TPSA) is 232 Å². The number of halogens is 1. The van der Waals surface area contributed by atoms with Gasteiger partial charge in [0.15, 0.2) is 0 Å². The van der Waals surface area contributed by atoms with Gasteiger partial charge in [-0.15, -0.1) is 12.4 Å². The van der Waals surface area contributed by atoms with Gasteiger partial charge in [0.2, 0.25) is 0 Å². The quantitative estimate of drug-likeness (QED) is 0.144. The van der Waals surface area contributed by atoms with Gasteiger partial charge < -0.3 is 20.1 Å². The summed E-state index contributed by atoms with van der Waals surface area (Å²) in [6.45, 7) is 0.998. The monoisotopic (exact) mass is 546 g/mol. The standard InChI is InChI=1S/C19H23N6O9P.ClH/c1-10-8-25(19(29)22-17(10)26)16-7-14(23-24-21)15(33-16)9-32-35(30,31)34-12-4-2-11(3-5-12)6-13(20)18(27)28;/h2-5,8,13-16H,6-7,9,20H2,1H3,(H,27,28)(H,30,31)(H,22,26,29);1H/t13-,14?,15+,16+;/m0./s1. The minimum absolute atomic E-state index is 0. The molecule has 0 bridgehead atoms. The fourth-order valence-electron chi connectivity index (χ4n) is 3.38. The van der Waals surface area contributed by atoms with Crippen LogP contribution in [0.3, 0.4) is 0 Å². The zero-order valence-corrected chi connectivity index (χ0v) is 20.5. The number of phosphoric ester groups is 1. The highest BCUT2D eigenvalue weighted by atomic mass is 35.5. The first kappa shape index (κ1) is 29.1. The third-order valence-electron chi connectivity index (χ3n) is 5.18. The molecule has 15 nitrogen and oxygen atoms in total. The van der Waals surface area contributed by atoms with Crippen molar-refractivity contribution < 1.29 is 33.1 Å². The molecule has 0 spiro atoms. The maximum atomic E-state index is 12.4. The van der Waals surface area contributed by atoms with Gasteiger partial charge in [-0.3, -0.25) is 28.6 Å². The van der Waals surface area contributed by atoms with Crippen LogP contribution in [0.4, 0.5) is 0 Å². The number of nitrogens with one attached hydrogen (secondary N) is 1. The molecular formula is C19H24ClN6O9P. The second-order valence-corrected chi connectivity index (χ2v) is 9.14. The van der Waals surface area contributed by atoms with Crippen LogP contribution in [0.5, 0.6) is 5.75 Å². The van der Waals surface area contributed by atoms with E-state index < -0.39 is 56.1 Å². The van der Waals surface area contributed by atoms with Crippen LogP contribution in [0.1, 0.15) is 23.8 Å². The first-order valence-electron chi connectivity index (χ1n) is 10.2. The molecule has 0 radical (unpaired) electrons. The molecule has 2 unspecified atom stereocenters. The van der Waals surface area contributed by atoms with E-state index in [1.54, 1.807) is 0 Å². The molecule has 1 aromatic carbocycles. The number of carbonyl (C=O) groups is 1. The molecule has 36 heavy (non-hydrogen) atoms. The number of ether oxygens (including phenoxy) is 1. The third kappa shape index (κ3) is 7.42. The van der Waals surface area contributed by atoms with Gasteiger partial charge >= 0.3 is 19.5 Å². The van der Waals surface area contributed by atoms with E-state index in [0.717, 1.165) is 4.57 Å². The second kappa shape index (κ2) is 12.2. The predicted octanol–water partition coefficient (Wildman–Crippen LogP) is 1.38. The first-order chi connectivity index (χ1) is 16.5. The average molecular weight is 547 g/mol. The number of aliphatic carboxylic acids is 1. The summed E-state index contributed by atoms with van der Waals surface area (Å²) in [6, 6.07) is 3.76. The van der Waals surface area contributed by atoms with E-state index in [0.29, 0.717) is 5.56 Å². The smallest absolute Gasteiger partial charge is 0.480 e. The molecule has 1 saturated heterocycles. The number of carboxylic acid groups (broad SMARTS) is 1. The summed E-state index contributed by atoms with van der Waals surface area (Å²) in [4.78, 5) is 49.5. The fourth-order valence-corrected chi connectivity index (χ4v) is 4.15. The van der Waals surface area contributed by atoms with Crippen molar-refractivity contribution in [3.63, 3.8) is 0 Å². The van der Waals surface area contributed by atoms with E-state index in [4.69, 9.17) is 30.2 Å². The zero-order valence-electron chi connectivity index (χ0n) is 18.8. The Balaban J connectivity index is 0.00000456. The van der Waals surface area contributed by atoms with Gasteiger partial charge in [0, 0.05) is 23.1 Å². The van der Waals surface area contributed by atoms with E-state index in [9.17, 15) is 23.8 Å². The second-order valence-electron chi connectivity index (χ2n) is 7.76. The van der Waals surface area contributed by atoms with Gasteiger partial charge in [0.25, 0.3) is 5.56 Å². The Morgan fingerprint density at radius 1 is 1.42 bits per heavy atom. The molecule has 5 N–H and O–H groups in total. The summed E-state index contributed by atoms with van der Waals surface area (Å²) in [7, 11) is -4.64. The van der Waals surface area contributed by atoms with Crippen LogP contribution in [-0.4, -0.2) is 50.3 Å². The van der Waals surface area contributed by atoms with E-state index >= 15 is 0 Å². The Bertz CT molecular complexity index is 1290. The molecule has 17 heteroatoms. The minimum atomic E-state index is -4.64. The van der Waals surface area contributed by atoms with Crippen molar-refractivity contribution in [2.45, 2.75) is 44.2 Å². The van der Waals surface area contributed by atoms with Crippen LogP contribution in [0, 0.1) is 6.92 Å². The van der Waals surface area contributed by atoms with Crippen LogP contribution >= 0.6 is 20.2 Å². The lowest BCUT2D eigenvalue weighted by atomic mass is 10.1. The minimum Gasteiger partial charge on any atom is -0.480 e. The number of azide groups is 1. The fraction of sp³-hybridized carbons (Fsp3) is 0.421.